The van der Waals surface area contributed by atoms with Crippen LogP contribution in [0.25, 0.3) is 22.9 Å². The molecular formula is C17H12F2N6O. The minimum absolute atomic E-state index is 0.0661. The van der Waals surface area contributed by atoms with Crippen molar-refractivity contribution < 1.29 is 13.3 Å². The molecule has 0 aliphatic rings. The summed E-state index contributed by atoms with van der Waals surface area (Å²) in [5.41, 5.74) is 7.50. The summed E-state index contributed by atoms with van der Waals surface area (Å²) in [4.78, 5) is 8.29. The molecule has 0 radical (unpaired) electrons. The molecule has 9 heteroatoms. The second-order valence-electron chi connectivity index (χ2n) is 5.50. The van der Waals surface area contributed by atoms with Gasteiger partial charge >= 0.3 is 0 Å². The lowest BCUT2D eigenvalue weighted by atomic mass is 10.2. The number of hydrogen-bond donors (Lipinski definition) is 1. The lowest BCUT2D eigenvalue weighted by molar-refractivity contribution is 0.421. The summed E-state index contributed by atoms with van der Waals surface area (Å²) in [5, 5.41) is 8.33. The molecule has 0 aliphatic carbocycles. The first-order valence-corrected chi connectivity index (χ1v) is 7.61. The Balaban J connectivity index is 1.79. The van der Waals surface area contributed by atoms with Crippen LogP contribution in [0, 0.1) is 11.6 Å². The molecule has 0 fully saturated rings. The van der Waals surface area contributed by atoms with Gasteiger partial charge in [0.05, 0.1) is 12.2 Å². The van der Waals surface area contributed by atoms with Crippen LogP contribution < -0.4 is 5.73 Å². The van der Waals surface area contributed by atoms with Gasteiger partial charge in [-0.15, -0.1) is 0 Å². The van der Waals surface area contributed by atoms with Crippen LogP contribution in [0.1, 0.15) is 5.56 Å². The van der Waals surface area contributed by atoms with Crippen molar-refractivity contribution in [3.8, 4) is 22.9 Å². The van der Waals surface area contributed by atoms with Crippen molar-refractivity contribution in [3.05, 3.63) is 66.1 Å². The Bertz CT molecular complexity index is 1060. The maximum atomic E-state index is 14.0. The highest BCUT2D eigenvalue weighted by molar-refractivity contribution is 5.63. The molecule has 0 saturated carbocycles. The van der Waals surface area contributed by atoms with E-state index in [1.54, 1.807) is 18.2 Å². The van der Waals surface area contributed by atoms with E-state index < -0.39 is 11.6 Å². The highest BCUT2D eigenvalue weighted by Gasteiger charge is 2.17. The minimum Gasteiger partial charge on any atom is -0.384 e. The maximum absolute atomic E-state index is 14.0. The summed E-state index contributed by atoms with van der Waals surface area (Å²) in [6.07, 6.45) is 2.94. The Morgan fingerprint density at radius 3 is 2.69 bits per heavy atom. The third-order valence-electron chi connectivity index (χ3n) is 3.72. The van der Waals surface area contributed by atoms with E-state index in [9.17, 15) is 8.78 Å². The fourth-order valence-corrected chi connectivity index (χ4v) is 2.50. The fourth-order valence-electron chi connectivity index (χ4n) is 2.50. The van der Waals surface area contributed by atoms with Crippen molar-refractivity contribution in [1.29, 1.82) is 0 Å². The molecule has 0 atom stereocenters. The van der Waals surface area contributed by atoms with Crippen LogP contribution in [0.4, 0.5) is 14.6 Å². The standard InChI is InChI=1S/C17H12F2N6O/c18-11-2-1-10(12(19)7-11)9-25-15(13-4-6-26-24-13)8-14(23-25)17-21-5-3-16(20)22-17/h1-8H,9H2,(H2,20,21,22). The Labute approximate surface area is 146 Å². The molecule has 3 heterocycles. The minimum atomic E-state index is -0.659. The number of hydrogen-bond acceptors (Lipinski definition) is 6. The van der Waals surface area contributed by atoms with Gasteiger partial charge < -0.3 is 10.3 Å². The molecule has 0 unspecified atom stereocenters. The van der Waals surface area contributed by atoms with Crippen LogP contribution in [-0.2, 0) is 6.54 Å². The molecule has 0 spiro atoms. The zero-order valence-corrected chi connectivity index (χ0v) is 13.3. The van der Waals surface area contributed by atoms with Crippen molar-refractivity contribution in [2.45, 2.75) is 6.54 Å². The van der Waals surface area contributed by atoms with Gasteiger partial charge in [-0.1, -0.05) is 11.2 Å². The normalized spacial score (nSPS) is 11.0. The number of halogens is 2. The van der Waals surface area contributed by atoms with E-state index in [0.717, 1.165) is 6.07 Å². The van der Waals surface area contributed by atoms with Crippen molar-refractivity contribution >= 4 is 5.82 Å². The third-order valence-corrected chi connectivity index (χ3v) is 3.72. The summed E-state index contributed by atoms with van der Waals surface area (Å²) in [6.45, 7) is 0.0661. The van der Waals surface area contributed by atoms with Crippen LogP contribution in [0.3, 0.4) is 0 Å². The Hall–Kier alpha value is -3.62. The third kappa shape index (κ3) is 3.02. The molecule has 0 aliphatic heterocycles. The van der Waals surface area contributed by atoms with E-state index in [-0.39, 0.29) is 12.1 Å². The number of nitrogens with zero attached hydrogens (tertiary/aromatic N) is 5. The molecule has 0 saturated heterocycles. The van der Waals surface area contributed by atoms with E-state index >= 15 is 0 Å². The number of aromatic nitrogens is 5. The smallest absolute Gasteiger partial charge is 0.182 e. The maximum Gasteiger partial charge on any atom is 0.182 e. The molecule has 7 nitrogen and oxygen atoms in total. The van der Waals surface area contributed by atoms with E-state index in [2.05, 4.69) is 20.2 Å². The van der Waals surface area contributed by atoms with E-state index in [1.165, 1.54) is 29.3 Å². The van der Waals surface area contributed by atoms with Crippen LogP contribution in [0.15, 0.2) is 53.4 Å². The van der Waals surface area contributed by atoms with E-state index in [4.69, 9.17) is 10.3 Å². The second-order valence-corrected chi connectivity index (χ2v) is 5.50. The first-order valence-electron chi connectivity index (χ1n) is 7.61. The van der Waals surface area contributed by atoms with Crippen LogP contribution in [0.2, 0.25) is 0 Å². The number of anilines is 1. The zero-order chi connectivity index (χ0) is 18.1. The van der Waals surface area contributed by atoms with Crippen LogP contribution in [-0.4, -0.2) is 24.9 Å². The molecule has 130 valence electrons. The molecule has 4 rings (SSSR count). The number of nitrogens with two attached hydrogens (primary N) is 1. The molecule has 1 aromatic carbocycles. The second kappa shape index (κ2) is 6.36. The van der Waals surface area contributed by atoms with Crippen LogP contribution in [0.5, 0.6) is 0 Å². The predicted molar refractivity (Wildman–Crippen MR) is 88.6 cm³/mol. The van der Waals surface area contributed by atoms with Gasteiger partial charge in [0.2, 0.25) is 0 Å². The van der Waals surface area contributed by atoms with Gasteiger partial charge in [-0.3, -0.25) is 4.68 Å². The van der Waals surface area contributed by atoms with E-state index in [1.807, 2.05) is 0 Å². The average molecular weight is 354 g/mol. The molecule has 0 bridgehead atoms. The highest BCUT2D eigenvalue weighted by Crippen LogP contribution is 2.25. The van der Waals surface area contributed by atoms with Gasteiger partial charge in [0.25, 0.3) is 0 Å². The lowest BCUT2D eigenvalue weighted by Gasteiger charge is -2.07. The largest absolute Gasteiger partial charge is 0.384 e. The summed E-state index contributed by atoms with van der Waals surface area (Å²) >= 11 is 0. The van der Waals surface area contributed by atoms with Gasteiger partial charge in [0.1, 0.15) is 35.1 Å². The average Bonchev–Trinajstić information content (AvgIpc) is 3.27. The number of nitrogen functional groups attached to an aromatic ring is 1. The van der Waals surface area contributed by atoms with Gasteiger partial charge in [-0.05, 0) is 18.2 Å². The summed E-state index contributed by atoms with van der Waals surface area (Å²) in [7, 11) is 0. The lowest BCUT2D eigenvalue weighted by Crippen LogP contribution is -2.06. The molecular weight excluding hydrogens is 342 g/mol. The summed E-state index contributed by atoms with van der Waals surface area (Å²) in [6, 6.07) is 8.31. The van der Waals surface area contributed by atoms with Gasteiger partial charge in [-0.25, -0.2) is 18.7 Å². The van der Waals surface area contributed by atoms with Crippen molar-refractivity contribution in [2.24, 2.45) is 0 Å². The molecule has 26 heavy (non-hydrogen) atoms. The first kappa shape index (κ1) is 15.9. The predicted octanol–water partition coefficient (Wildman–Crippen LogP) is 2.90. The van der Waals surface area contributed by atoms with Crippen molar-refractivity contribution in [1.82, 2.24) is 24.9 Å². The first-order chi connectivity index (χ1) is 12.6. The monoisotopic (exact) mass is 354 g/mol. The molecule has 4 aromatic rings. The Morgan fingerprint density at radius 1 is 1.08 bits per heavy atom. The SMILES string of the molecule is Nc1ccnc(-c2cc(-c3ccon3)n(Cc3ccc(F)cc3F)n2)n1. The van der Waals surface area contributed by atoms with Gasteiger partial charge in [-0.2, -0.15) is 5.10 Å². The Kier molecular flexibility index (Phi) is 3.88. The highest BCUT2D eigenvalue weighted by atomic mass is 19.1. The number of rotatable bonds is 4. The number of benzene rings is 1. The Morgan fingerprint density at radius 2 is 1.96 bits per heavy atom. The summed E-state index contributed by atoms with van der Waals surface area (Å²) < 4.78 is 33.6. The van der Waals surface area contributed by atoms with Gasteiger partial charge in [0.15, 0.2) is 5.82 Å². The quantitative estimate of drug-likeness (QED) is 0.605. The molecule has 3 aromatic heterocycles. The van der Waals surface area contributed by atoms with Crippen LogP contribution >= 0.6 is 0 Å². The van der Waals surface area contributed by atoms with Crippen molar-refractivity contribution in [3.63, 3.8) is 0 Å². The molecule has 0 amide bonds. The van der Waals surface area contributed by atoms with Crippen molar-refractivity contribution in [2.75, 3.05) is 5.73 Å². The van der Waals surface area contributed by atoms with Gasteiger partial charge in [0, 0.05) is 23.9 Å². The summed E-state index contributed by atoms with van der Waals surface area (Å²) in [5.74, 6) is -0.671. The zero-order valence-electron chi connectivity index (χ0n) is 13.3. The molecule has 2 N–H and O–H groups in total. The van der Waals surface area contributed by atoms with E-state index in [0.29, 0.717) is 28.7 Å². The fraction of sp³-hybridized carbons (Fsp3) is 0.0588. The topological polar surface area (TPSA) is 95.7 Å².